The van der Waals surface area contributed by atoms with Gasteiger partial charge in [-0.3, -0.25) is 0 Å². The number of aromatic nitrogens is 3. The molecular formula is C17H25N5O2. The molecule has 1 heterocycles. The maximum atomic E-state index is 12.2. The summed E-state index contributed by atoms with van der Waals surface area (Å²) in [6.07, 6.45) is 1.61. The number of urea groups is 1. The second kappa shape index (κ2) is 7.81. The van der Waals surface area contributed by atoms with Gasteiger partial charge in [0.05, 0.1) is 12.6 Å². The molecule has 1 aromatic heterocycles. The maximum Gasteiger partial charge on any atom is 0.317 e. The summed E-state index contributed by atoms with van der Waals surface area (Å²) in [6.45, 7) is 6.87. The summed E-state index contributed by atoms with van der Waals surface area (Å²) >= 11 is 0. The van der Waals surface area contributed by atoms with Crippen LogP contribution in [0, 0.1) is 13.8 Å². The standard InChI is InChI=1S/C17H25N5O2/c1-12-8-13(2)10-15(9-12)24-7-6-21(4)17(23)19-14(3)16-20-18-11-22(16)5/h8-11,14H,6-7H2,1-5H3,(H,19,23)/t14-/m0/s1. The fourth-order valence-electron chi connectivity index (χ4n) is 2.46. The first-order valence-corrected chi connectivity index (χ1v) is 7.93. The predicted octanol–water partition coefficient (Wildman–Crippen LogP) is 2.21. The largest absolute Gasteiger partial charge is 0.492 e. The van der Waals surface area contributed by atoms with Crippen molar-refractivity contribution in [2.24, 2.45) is 7.05 Å². The van der Waals surface area contributed by atoms with E-state index in [2.05, 4.69) is 21.6 Å². The molecule has 0 aliphatic heterocycles. The van der Waals surface area contributed by atoms with Gasteiger partial charge in [0, 0.05) is 14.1 Å². The van der Waals surface area contributed by atoms with Crippen molar-refractivity contribution in [1.82, 2.24) is 25.0 Å². The van der Waals surface area contributed by atoms with Crippen LogP contribution in [0.1, 0.15) is 29.9 Å². The number of carbonyl (C=O) groups is 1. The molecule has 0 aliphatic rings. The summed E-state index contributed by atoms with van der Waals surface area (Å²) in [5.74, 6) is 1.54. The molecule has 0 unspecified atom stereocenters. The van der Waals surface area contributed by atoms with Gasteiger partial charge in [-0.05, 0) is 44.0 Å². The molecule has 1 N–H and O–H groups in total. The van der Waals surface area contributed by atoms with E-state index < -0.39 is 0 Å². The fourth-order valence-corrected chi connectivity index (χ4v) is 2.46. The van der Waals surface area contributed by atoms with Crippen LogP contribution in [-0.2, 0) is 7.05 Å². The first-order valence-electron chi connectivity index (χ1n) is 7.93. The van der Waals surface area contributed by atoms with Crippen molar-refractivity contribution in [1.29, 1.82) is 0 Å². The number of hydrogen-bond donors (Lipinski definition) is 1. The van der Waals surface area contributed by atoms with Gasteiger partial charge in [0.25, 0.3) is 0 Å². The van der Waals surface area contributed by atoms with Crippen LogP contribution in [0.25, 0.3) is 0 Å². The maximum absolute atomic E-state index is 12.2. The number of likely N-dealkylation sites (N-methyl/N-ethyl adjacent to an activating group) is 1. The van der Waals surface area contributed by atoms with Gasteiger partial charge in [-0.25, -0.2) is 4.79 Å². The number of nitrogens with zero attached hydrogens (tertiary/aromatic N) is 4. The van der Waals surface area contributed by atoms with Gasteiger partial charge in [0.2, 0.25) is 0 Å². The van der Waals surface area contributed by atoms with Crippen LogP contribution in [0.5, 0.6) is 5.75 Å². The van der Waals surface area contributed by atoms with E-state index in [0.717, 1.165) is 16.9 Å². The van der Waals surface area contributed by atoms with Gasteiger partial charge >= 0.3 is 6.03 Å². The highest BCUT2D eigenvalue weighted by atomic mass is 16.5. The minimum atomic E-state index is -0.215. The number of carbonyl (C=O) groups excluding carboxylic acids is 1. The molecule has 1 atom stereocenters. The number of amides is 2. The van der Waals surface area contributed by atoms with Gasteiger partial charge in [-0.15, -0.1) is 10.2 Å². The lowest BCUT2D eigenvalue weighted by Crippen LogP contribution is -2.41. The highest BCUT2D eigenvalue weighted by molar-refractivity contribution is 5.74. The van der Waals surface area contributed by atoms with Crippen molar-refractivity contribution in [3.05, 3.63) is 41.5 Å². The smallest absolute Gasteiger partial charge is 0.317 e. The van der Waals surface area contributed by atoms with E-state index in [-0.39, 0.29) is 12.1 Å². The van der Waals surface area contributed by atoms with E-state index in [0.29, 0.717) is 19.0 Å². The van der Waals surface area contributed by atoms with Crippen LogP contribution >= 0.6 is 0 Å². The van der Waals surface area contributed by atoms with Gasteiger partial charge < -0.3 is 19.5 Å². The van der Waals surface area contributed by atoms with Crippen LogP contribution in [0.4, 0.5) is 4.79 Å². The lowest BCUT2D eigenvalue weighted by molar-refractivity contribution is 0.192. The van der Waals surface area contributed by atoms with Crippen LogP contribution in [0.15, 0.2) is 24.5 Å². The Kier molecular flexibility index (Phi) is 5.78. The summed E-state index contributed by atoms with van der Waals surface area (Å²) in [5.41, 5.74) is 2.32. The Labute approximate surface area is 142 Å². The zero-order valence-corrected chi connectivity index (χ0v) is 14.9. The predicted molar refractivity (Wildman–Crippen MR) is 92.0 cm³/mol. The second-order valence-corrected chi connectivity index (χ2v) is 6.06. The summed E-state index contributed by atoms with van der Waals surface area (Å²) in [7, 11) is 3.59. The quantitative estimate of drug-likeness (QED) is 0.881. The molecule has 7 heteroatoms. The molecule has 2 amide bonds. The van der Waals surface area contributed by atoms with Gasteiger partial charge in [0.15, 0.2) is 5.82 Å². The second-order valence-electron chi connectivity index (χ2n) is 6.06. The number of aryl methyl sites for hydroxylation is 3. The van der Waals surface area contributed by atoms with Crippen molar-refractivity contribution in [2.75, 3.05) is 20.2 Å². The highest BCUT2D eigenvalue weighted by Gasteiger charge is 2.16. The van der Waals surface area contributed by atoms with E-state index in [1.807, 2.05) is 40.0 Å². The molecule has 1 aromatic carbocycles. The molecule has 0 saturated heterocycles. The Balaban J connectivity index is 1.80. The van der Waals surface area contributed by atoms with Gasteiger partial charge in [-0.2, -0.15) is 0 Å². The minimum absolute atomic E-state index is 0.172. The van der Waals surface area contributed by atoms with Crippen LogP contribution < -0.4 is 10.1 Å². The number of ether oxygens (including phenoxy) is 1. The number of benzene rings is 1. The molecule has 0 spiro atoms. The number of nitrogens with one attached hydrogen (secondary N) is 1. The molecule has 7 nitrogen and oxygen atoms in total. The fraction of sp³-hybridized carbons (Fsp3) is 0.471. The Morgan fingerprint density at radius 1 is 1.33 bits per heavy atom. The summed E-state index contributed by atoms with van der Waals surface area (Å²) in [5, 5.41) is 10.7. The third-order valence-electron chi connectivity index (χ3n) is 3.71. The van der Waals surface area contributed by atoms with Crippen LogP contribution in [0.2, 0.25) is 0 Å². The first-order chi connectivity index (χ1) is 11.4. The van der Waals surface area contributed by atoms with Gasteiger partial charge in [0.1, 0.15) is 18.7 Å². The third kappa shape index (κ3) is 4.71. The van der Waals surface area contributed by atoms with Gasteiger partial charge in [-0.1, -0.05) is 6.07 Å². The summed E-state index contributed by atoms with van der Waals surface area (Å²) < 4.78 is 7.52. The molecule has 130 valence electrons. The molecule has 24 heavy (non-hydrogen) atoms. The lowest BCUT2D eigenvalue weighted by Gasteiger charge is -2.21. The molecule has 0 aliphatic carbocycles. The zero-order chi connectivity index (χ0) is 17.7. The molecule has 0 bridgehead atoms. The Morgan fingerprint density at radius 3 is 2.58 bits per heavy atom. The van der Waals surface area contributed by atoms with E-state index in [9.17, 15) is 4.79 Å². The van der Waals surface area contributed by atoms with E-state index >= 15 is 0 Å². The lowest BCUT2D eigenvalue weighted by atomic mass is 10.1. The molecule has 0 radical (unpaired) electrons. The van der Waals surface area contributed by atoms with Crippen molar-refractivity contribution >= 4 is 6.03 Å². The van der Waals surface area contributed by atoms with E-state index in [1.165, 1.54) is 0 Å². The van der Waals surface area contributed by atoms with Crippen LogP contribution in [0.3, 0.4) is 0 Å². The Hall–Kier alpha value is -2.57. The van der Waals surface area contributed by atoms with Crippen molar-refractivity contribution < 1.29 is 9.53 Å². The molecule has 0 saturated carbocycles. The molecule has 0 fully saturated rings. The Morgan fingerprint density at radius 2 is 2.00 bits per heavy atom. The normalized spacial score (nSPS) is 11.9. The third-order valence-corrected chi connectivity index (χ3v) is 3.71. The zero-order valence-electron chi connectivity index (χ0n) is 14.9. The van der Waals surface area contributed by atoms with Crippen molar-refractivity contribution in [3.8, 4) is 5.75 Å². The molecular weight excluding hydrogens is 306 g/mol. The average Bonchev–Trinajstić information content (AvgIpc) is 2.92. The number of rotatable bonds is 6. The first kappa shape index (κ1) is 17.8. The monoisotopic (exact) mass is 331 g/mol. The molecule has 2 rings (SSSR count). The van der Waals surface area contributed by atoms with Crippen molar-refractivity contribution in [2.45, 2.75) is 26.8 Å². The highest BCUT2D eigenvalue weighted by Crippen LogP contribution is 2.16. The molecule has 2 aromatic rings. The number of hydrogen-bond acceptors (Lipinski definition) is 4. The van der Waals surface area contributed by atoms with E-state index in [4.69, 9.17) is 4.74 Å². The Bertz CT molecular complexity index is 678. The van der Waals surface area contributed by atoms with Crippen LogP contribution in [-0.4, -0.2) is 45.9 Å². The van der Waals surface area contributed by atoms with E-state index in [1.54, 1.807) is 22.8 Å². The SMILES string of the molecule is Cc1cc(C)cc(OCCN(C)C(=O)N[C@@H](C)c2nncn2C)c1. The summed E-state index contributed by atoms with van der Waals surface area (Å²) in [4.78, 5) is 13.8. The minimum Gasteiger partial charge on any atom is -0.492 e. The topological polar surface area (TPSA) is 72.3 Å². The van der Waals surface area contributed by atoms with Crippen molar-refractivity contribution in [3.63, 3.8) is 0 Å². The summed E-state index contributed by atoms with van der Waals surface area (Å²) in [6, 6.07) is 5.69. The average molecular weight is 331 g/mol.